The first kappa shape index (κ1) is 16.6. The van der Waals surface area contributed by atoms with Crippen LogP contribution in [-0.4, -0.2) is 53.6 Å². The van der Waals surface area contributed by atoms with Gasteiger partial charge in [0.25, 0.3) is 0 Å². The predicted octanol–water partition coefficient (Wildman–Crippen LogP) is 1.41. The molecule has 0 aliphatic heterocycles. The molecule has 1 N–H and O–H groups in total. The molecule has 0 radical (unpaired) electrons. The van der Waals surface area contributed by atoms with E-state index in [-0.39, 0.29) is 0 Å². The summed E-state index contributed by atoms with van der Waals surface area (Å²) in [7, 11) is 3.46. The van der Waals surface area contributed by atoms with Crippen molar-refractivity contribution in [3.8, 4) is 0 Å². The number of rotatable bonds is 8. The minimum Gasteiger partial charge on any atom is -0.424 e. The van der Waals surface area contributed by atoms with Crippen LogP contribution < -0.4 is 0 Å². The first-order valence-electron chi connectivity index (χ1n) is 7.29. The maximum Gasteiger partial charge on any atom is 0.230 e. The molecular weight excluding hydrogens is 282 g/mol. The second-order valence-corrected chi connectivity index (χ2v) is 5.50. The molecular formula is C16H23N3O3. The molecule has 0 saturated carbocycles. The minimum atomic E-state index is -0.524. The number of aliphatic hydroxyl groups excluding tert-OH is 1. The fourth-order valence-electron chi connectivity index (χ4n) is 2.30. The lowest BCUT2D eigenvalue weighted by molar-refractivity contribution is 0.0403. The molecule has 22 heavy (non-hydrogen) atoms. The monoisotopic (exact) mass is 305 g/mol. The number of aliphatic hydroxyl groups is 1. The maximum absolute atomic E-state index is 9.69. The third-order valence-corrected chi connectivity index (χ3v) is 3.40. The fourth-order valence-corrected chi connectivity index (χ4v) is 2.30. The Morgan fingerprint density at radius 1 is 1.27 bits per heavy atom. The van der Waals surface area contributed by atoms with Crippen molar-refractivity contribution < 1.29 is 14.3 Å². The van der Waals surface area contributed by atoms with E-state index in [0.29, 0.717) is 37.9 Å². The molecule has 0 amide bonds. The highest BCUT2D eigenvalue weighted by molar-refractivity contribution is 5.27. The number of hydrogen-bond acceptors (Lipinski definition) is 6. The molecule has 0 saturated heterocycles. The summed E-state index contributed by atoms with van der Waals surface area (Å²) in [6, 6.07) is 8.15. The second kappa shape index (κ2) is 8.03. The highest BCUT2D eigenvalue weighted by Gasteiger charge is 2.13. The van der Waals surface area contributed by atoms with Crippen molar-refractivity contribution in [3.05, 3.63) is 47.2 Å². The molecule has 1 aromatic carbocycles. The van der Waals surface area contributed by atoms with Gasteiger partial charge in [-0.15, -0.1) is 10.2 Å². The van der Waals surface area contributed by atoms with Crippen LogP contribution in [0.1, 0.15) is 22.9 Å². The maximum atomic E-state index is 9.69. The van der Waals surface area contributed by atoms with E-state index in [9.17, 15) is 5.11 Å². The van der Waals surface area contributed by atoms with Crippen LogP contribution in [0.15, 0.2) is 28.7 Å². The molecule has 6 heteroatoms. The highest BCUT2D eigenvalue weighted by atomic mass is 16.5. The summed E-state index contributed by atoms with van der Waals surface area (Å²) in [5.41, 5.74) is 2.39. The standard InChI is InChI=1S/C16H23N3O3/c1-12-6-4-5-7-13(12)8-15-17-18-16(22-15)10-19(2)9-14(20)11-21-3/h4-7,14,20H,8-11H2,1-3H3. The first-order valence-corrected chi connectivity index (χ1v) is 7.29. The van der Waals surface area contributed by atoms with Gasteiger partial charge < -0.3 is 14.3 Å². The number of aromatic nitrogens is 2. The van der Waals surface area contributed by atoms with Crippen LogP contribution >= 0.6 is 0 Å². The molecule has 120 valence electrons. The SMILES string of the molecule is COCC(O)CN(C)Cc1nnc(Cc2ccccc2C)o1. The summed E-state index contributed by atoms with van der Waals surface area (Å²) in [6.45, 7) is 3.37. The minimum absolute atomic E-state index is 0.312. The van der Waals surface area contributed by atoms with Gasteiger partial charge in [0.2, 0.25) is 11.8 Å². The third-order valence-electron chi connectivity index (χ3n) is 3.40. The molecule has 0 fully saturated rings. The van der Waals surface area contributed by atoms with Gasteiger partial charge in [-0.05, 0) is 25.1 Å². The summed E-state index contributed by atoms with van der Waals surface area (Å²) in [5.74, 6) is 1.16. The molecule has 0 aliphatic rings. The van der Waals surface area contributed by atoms with Crippen LogP contribution in [-0.2, 0) is 17.7 Å². The van der Waals surface area contributed by atoms with Crippen molar-refractivity contribution in [2.75, 3.05) is 27.3 Å². The summed E-state index contributed by atoms with van der Waals surface area (Å²) in [4.78, 5) is 1.93. The summed E-state index contributed by atoms with van der Waals surface area (Å²) < 4.78 is 10.6. The van der Waals surface area contributed by atoms with Crippen molar-refractivity contribution in [1.82, 2.24) is 15.1 Å². The number of methoxy groups -OCH3 is 1. The second-order valence-electron chi connectivity index (χ2n) is 5.50. The molecule has 2 aromatic rings. The zero-order valence-corrected chi connectivity index (χ0v) is 13.3. The van der Waals surface area contributed by atoms with Crippen LogP contribution in [0.4, 0.5) is 0 Å². The first-order chi connectivity index (χ1) is 10.6. The van der Waals surface area contributed by atoms with E-state index in [1.807, 2.05) is 24.1 Å². The van der Waals surface area contributed by atoms with E-state index in [2.05, 4.69) is 29.3 Å². The lowest BCUT2D eigenvalue weighted by Gasteiger charge is -2.18. The van der Waals surface area contributed by atoms with Crippen LogP contribution in [0.25, 0.3) is 0 Å². The predicted molar refractivity (Wildman–Crippen MR) is 82.5 cm³/mol. The lowest BCUT2D eigenvalue weighted by atomic mass is 10.1. The van der Waals surface area contributed by atoms with Gasteiger partial charge in [-0.25, -0.2) is 0 Å². The smallest absolute Gasteiger partial charge is 0.230 e. The van der Waals surface area contributed by atoms with Crippen molar-refractivity contribution in [1.29, 1.82) is 0 Å². The fraction of sp³-hybridized carbons (Fsp3) is 0.500. The molecule has 6 nitrogen and oxygen atoms in total. The summed E-state index contributed by atoms with van der Waals surface area (Å²) >= 11 is 0. The summed E-state index contributed by atoms with van der Waals surface area (Å²) in [5, 5.41) is 17.8. The largest absolute Gasteiger partial charge is 0.424 e. The quantitative estimate of drug-likeness (QED) is 0.795. The van der Waals surface area contributed by atoms with Gasteiger partial charge in [-0.3, -0.25) is 4.90 Å². The molecule has 0 aliphatic carbocycles. The van der Waals surface area contributed by atoms with Gasteiger partial charge in [0, 0.05) is 13.7 Å². The Labute approximate surface area is 130 Å². The van der Waals surface area contributed by atoms with E-state index in [1.54, 1.807) is 7.11 Å². The van der Waals surface area contributed by atoms with Crippen molar-refractivity contribution in [2.45, 2.75) is 26.0 Å². The van der Waals surface area contributed by atoms with Gasteiger partial charge in [0.1, 0.15) is 0 Å². The van der Waals surface area contributed by atoms with Crippen LogP contribution in [0.2, 0.25) is 0 Å². The molecule has 0 bridgehead atoms. The van der Waals surface area contributed by atoms with Crippen molar-refractivity contribution in [2.24, 2.45) is 0 Å². The van der Waals surface area contributed by atoms with E-state index in [1.165, 1.54) is 11.1 Å². The van der Waals surface area contributed by atoms with Gasteiger partial charge in [-0.1, -0.05) is 24.3 Å². The van der Waals surface area contributed by atoms with E-state index >= 15 is 0 Å². The molecule has 1 heterocycles. The highest BCUT2D eigenvalue weighted by Crippen LogP contribution is 2.13. The van der Waals surface area contributed by atoms with Crippen LogP contribution in [0.3, 0.4) is 0 Å². The van der Waals surface area contributed by atoms with E-state index in [4.69, 9.17) is 9.15 Å². The topological polar surface area (TPSA) is 71.6 Å². The number of aryl methyl sites for hydroxylation is 1. The molecule has 2 rings (SSSR count). The Morgan fingerprint density at radius 2 is 2.00 bits per heavy atom. The van der Waals surface area contributed by atoms with Crippen molar-refractivity contribution >= 4 is 0 Å². The zero-order chi connectivity index (χ0) is 15.9. The van der Waals surface area contributed by atoms with E-state index in [0.717, 1.165) is 0 Å². The Bertz CT molecular complexity index is 586. The average molecular weight is 305 g/mol. The molecule has 1 aromatic heterocycles. The van der Waals surface area contributed by atoms with Crippen LogP contribution in [0, 0.1) is 6.92 Å². The Kier molecular flexibility index (Phi) is 6.06. The lowest BCUT2D eigenvalue weighted by Crippen LogP contribution is -2.31. The number of ether oxygens (including phenoxy) is 1. The Balaban J connectivity index is 1.90. The van der Waals surface area contributed by atoms with Gasteiger partial charge in [0.05, 0.1) is 25.7 Å². The zero-order valence-electron chi connectivity index (χ0n) is 13.3. The summed E-state index contributed by atoms with van der Waals surface area (Å²) in [6.07, 6.45) is 0.111. The number of likely N-dealkylation sites (N-methyl/N-ethyl adjacent to an activating group) is 1. The Hall–Kier alpha value is -1.76. The molecule has 0 spiro atoms. The van der Waals surface area contributed by atoms with Gasteiger partial charge in [0.15, 0.2) is 0 Å². The normalized spacial score (nSPS) is 12.8. The third kappa shape index (κ3) is 4.91. The molecule has 1 atom stereocenters. The Morgan fingerprint density at radius 3 is 2.73 bits per heavy atom. The van der Waals surface area contributed by atoms with Crippen molar-refractivity contribution in [3.63, 3.8) is 0 Å². The van der Waals surface area contributed by atoms with E-state index < -0.39 is 6.10 Å². The van der Waals surface area contributed by atoms with Gasteiger partial charge in [-0.2, -0.15) is 0 Å². The number of hydrogen-bond donors (Lipinski definition) is 1. The van der Waals surface area contributed by atoms with Gasteiger partial charge >= 0.3 is 0 Å². The molecule has 1 unspecified atom stereocenters. The number of nitrogens with zero attached hydrogens (tertiary/aromatic N) is 3. The van der Waals surface area contributed by atoms with Crippen LogP contribution in [0.5, 0.6) is 0 Å². The number of benzene rings is 1. The average Bonchev–Trinajstić information content (AvgIpc) is 2.88.